The minimum Gasteiger partial charge on any atom is -0.392 e. The van der Waals surface area contributed by atoms with Gasteiger partial charge in [-0.1, -0.05) is 11.6 Å². The molecular weight excluding hydrogens is 290 g/mol. The lowest BCUT2D eigenvalue weighted by Gasteiger charge is -2.14. The smallest absolute Gasteiger partial charge is 0.240 e. The van der Waals surface area contributed by atoms with E-state index >= 15 is 0 Å². The lowest BCUT2D eigenvalue weighted by Crippen LogP contribution is -2.33. The molecule has 0 amide bonds. The number of halogens is 1. The van der Waals surface area contributed by atoms with E-state index < -0.39 is 10.0 Å². The van der Waals surface area contributed by atoms with Gasteiger partial charge in [0, 0.05) is 24.8 Å². The molecule has 0 heterocycles. The molecule has 7 heteroatoms. The van der Waals surface area contributed by atoms with Gasteiger partial charge in [0.1, 0.15) is 0 Å². The summed E-state index contributed by atoms with van der Waals surface area (Å²) in [5.41, 5.74) is 0.383. The van der Waals surface area contributed by atoms with Gasteiger partial charge in [0.05, 0.1) is 11.5 Å². The van der Waals surface area contributed by atoms with Gasteiger partial charge in [-0.15, -0.1) is 0 Å². The van der Waals surface area contributed by atoms with Crippen molar-refractivity contribution in [3.63, 3.8) is 0 Å². The van der Waals surface area contributed by atoms with Crippen LogP contribution in [0.1, 0.15) is 18.9 Å². The normalized spacial score (nSPS) is 13.5. The number of aliphatic hydroxyl groups excluding tert-OH is 1. The van der Waals surface area contributed by atoms with E-state index in [0.29, 0.717) is 23.6 Å². The molecular formula is C12H18ClNO4S. The number of sulfonamides is 1. The Labute approximate surface area is 118 Å². The van der Waals surface area contributed by atoms with Crippen molar-refractivity contribution in [1.29, 1.82) is 0 Å². The molecule has 1 unspecified atom stereocenters. The van der Waals surface area contributed by atoms with Crippen LogP contribution in [0.2, 0.25) is 5.02 Å². The molecule has 0 spiro atoms. The van der Waals surface area contributed by atoms with Crippen molar-refractivity contribution in [2.24, 2.45) is 0 Å². The fourth-order valence-electron chi connectivity index (χ4n) is 1.53. The second-order valence-corrected chi connectivity index (χ2v) is 6.34. The Hall–Kier alpha value is -0.660. The van der Waals surface area contributed by atoms with Crippen LogP contribution in [-0.2, 0) is 21.4 Å². The minimum absolute atomic E-state index is 0.0882. The molecule has 1 aromatic rings. The summed E-state index contributed by atoms with van der Waals surface area (Å²) in [4.78, 5) is 0.0882. The number of aliphatic hydroxyl groups is 1. The van der Waals surface area contributed by atoms with Crippen molar-refractivity contribution in [3.8, 4) is 0 Å². The molecule has 0 aliphatic carbocycles. The van der Waals surface area contributed by atoms with Gasteiger partial charge < -0.3 is 9.84 Å². The third kappa shape index (κ3) is 4.74. The van der Waals surface area contributed by atoms with E-state index in [2.05, 4.69) is 4.72 Å². The van der Waals surface area contributed by atoms with E-state index in [1.807, 2.05) is 0 Å². The molecule has 0 bridgehead atoms. The van der Waals surface area contributed by atoms with Gasteiger partial charge in [-0.05, 0) is 37.1 Å². The molecule has 19 heavy (non-hydrogen) atoms. The van der Waals surface area contributed by atoms with Crippen LogP contribution < -0.4 is 4.72 Å². The van der Waals surface area contributed by atoms with Crippen LogP contribution in [0.3, 0.4) is 0 Å². The molecule has 0 aliphatic rings. The Morgan fingerprint density at radius 2 is 2.16 bits per heavy atom. The average molecular weight is 308 g/mol. The summed E-state index contributed by atoms with van der Waals surface area (Å²) in [5.74, 6) is 0. The Morgan fingerprint density at radius 3 is 2.74 bits per heavy atom. The van der Waals surface area contributed by atoms with Crippen LogP contribution in [0.15, 0.2) is 23.1 Å². The van der Waals surface area contributed by atoms with Crippen molar-refractivity contribution < 1.29 is 18.3 Å². The van der Waals surface area contributed by atoms with E-state index in [-0.39, 0.29) is 17.5 Å². The SMILES string of the molecule is COCCC(C)NS(=O)(=O)c1ccc(Cl)c(CO)c1. The third-order valence-corrected chi connectivity index (χ3v) is 4.57. The molecule has 108 valence electrons. The van der Waals surface area contributed by atoms with Gasteiger partial charge in [0.2, 0.25) is 10.0 Å². The summed E-state index contributed by atoms with van der Waals surface area (Å²) in [7, 11) is -2.05. The van der Waals surface area contributed by atoms with Crippen molar-refractivity contribution in [2.45, 2.75) is 30.9 Å². The largest absolute Gasteiger partial charge is 0.392 e. The predicted octanol–water partition coefficient (Wildman–Crippen LogP) is 1.54. The zero-order chi connectivity index (χ0) is 14.5. The maximum absolute atomic E-state index is 12.1. The topological polar surface area (TPSA) is 75.6 Å². The highest BCUT2D eigenvalue weighted by Crippen LogP contribution is 2.20. The summed E-state index contributed by atoms with van der Waals surface area (Å²) in [6.07, 6.45) is 0.580. The molecule has 0 radical (unpaired) electrons. The summed E-state index contributed by atoms with van der Waals surface area (Å²) in [6.45, 7) is 1.94. The molecule has 0 saturated heterocycles. The van der Waals surface area contributed by atoms with Crippen molar-refractivity contribution in [2.75, 3.05) is 13.7 Å². The fourth-order valence-corrected chi connectivity index (χ4v) is 3.03. The van der Waals surface area contributed by atoms with Gasteiger partial charge in [-0.2, -0.15) is 0 Å². The zero-order valence-corrected chi connectivity index (χ0v) is 12.5. The second-order valence-electron chi connectivity index (χ2n) is 4.22. The fraction of sp³-hybridized carbons (Fsp3) is 0.500. The zero-order valence-electron chi connectivity index (χ0n) is 10.9. The highest BCUT2D eigenvalue weighted by Gasteiger charge is 2.18. The summed E-state index contributed by atoms with van der Waals surface area (Å²) >= 11 is 5.83. The number of benzene rings is 1. The molecule has 1 aromatic carbocycles. The number of hydrogen-bond donors (Lipinski definition) is 2. The summed E-state index contributed by atoms with van der Waals surface area (Å²) in [5, 5.41) is 9.43. The van der Waals surface area contributed by atoms with E-state index in [0.717, 1.165) is 0 Å². The second kappa shape index (κ2) is 7.21. The van der Waals surface area contributed by atoms with E-state index in [1.165, 1.54) is 18.2 Å². The van der Waals surface area contributed by atoms with E-state index in [4.69, 9.17) is 21.4 Å². The molecule has 2 N–H and O–H groups in total. The monoisotopic (exact) mass is 307 g/mol. The number of hydrogen-bond acceptors (Lipinski definition) is 4. The molecule has 0 fully saturated rings. The maximum atomic E-state index is 12.1. The van der Waals surface area contributed by atoms with Crippen molar-refractivity contribution in [3.05, 3.63) is 28.8 Å². The lowest BCUT2D eigenvalue weighted by atomic mass is 10.2. The first-order chi connectivity index (χ1) is 8.90. The Bertz CT molecular complexity index is 518. The highest BCUT2D eigenvalue weighted by atomic mass is 35.5. The van der Waals surface area contributed by atoms with Crippen LogP contribution in [0, 0.1) is 0 Å². The number of methoxy groups -OCH3 is 1. The number of ether oxygens (including phenoxy) is 1. The van der Waals surface area contributed by atoms with Gasteiger partial charge in [-0.3, -0.25) is 0 Å². The standard InChI is InChI=1S/C12H18ClNO4S/c1-9(5-6-18-2)14-19(16,17)11-3-4-12(13)10(7-11)8-15/h3-4,7,9,14-15H,5-6,8H2,1-2H3. The number of rotatable bonds is 7. The first-order valence-corrected chi connectivity index (χ1v) is 7.67. The quantitative estimate of drug-likeness (QED) is 0.801. The van der Waals surface area contributed by atoms with E-state index in [1.54, 1.807) is 14.0 Å². The first-order valence-electron chi connectivity index (χ1n) is 5.81. The molecule has 0 aliphatic heterocycles. The predicted molar refractivity (Wildman–Crippen MR) is 73.7 cm³/mol. The van der Waals surface area contributed by atoms with Gasteiger partial charge >= 0.3 is 0 Å². The van der Waals surface area contributed by atoms with Gasteiger partial charge in [0.25, 0.3) is 0 Å². The van der Waals surface area contributed by atoms with Crippen LogP contribution in [0.5, 0.6) is 0 Å². The van der Waals surface area contributed by atoms with Gasteiger partial charge in [-0.25, -0.2) is 13.1 Å². The summed E-state index contributed by atoms with van der Waals surface area (Å²) < 4.78 is 31.7. The average Bonchev–Trinajstić information content (AvgIpc) is 2.36. The van der Waals surface area contributed by atoms with E-state index in [9.17, 15) is 8.42 Å². The van der Waals surface area contributed by atoms with Gasteiger partial charge in [0.15, 0.2) is 0 Å². The summed E-state index contributed by atoms with van der Waals surface area (Å²) in [6, 6.07) is 4.00. The number of nitrogens with one attached hydrogen (secondary N) is 1. The first kappa shape index (κ1) is 16.4. The third-order valence-electron chi connectivity index (χ3n) is 2.61. The van der Waals surface area contributed by atoms with Crippen LogP contribution in [-0.4, -0.2) is 33.3 Å². The minimum atomic E-state index is -3.61. The molecule has 0 aromatic heterocycles. The lowest BCUT2D eigenvalue weighted by molar-refractivity contribution is 0.188. The maximum Gasteiger partial charge on any atom is 0.240 e. The molecule has 1 atom stereocenters. The Kier molecular flexibility index (Phi) is 6.22. The molecule has 0 saturated carbocycles. The van der Waals surface area contributed by atoms with Crippen LogP contribution in [0.25, 0.3) is 0 Å². The van der Waals surface area contributed by atoms with Crippen LogP contribution in [0.4, 0.5) is 0 Å². The molecule has 1 rings (SSSR count). The molecule has 5 nitrogen and oxygen atoms in total. The highest BCUT2D eigenvalue weighted by molar-refractivity contribution is 7.89. The van der Waals surface area contributed by atoms with Crippen molar-refractivity contribution in [1.82, 2.24) is 4.72 Å². The van der Waals surface area contributed by atoms with Crippen molar-refractivity contribution >= 4 is 21.6 Å². The Morgan fingerprint density at radius 1 is 1.47 bits per heavy atom. The van der Waals surface area contributed by atoms with Crippen LogP contribution >= 0.6 is 11.6 Å². The Balaban J connectivity index is 2.88.